The Morgan fingerprint density at radius 1 is 1.20 bits per heavy atom. The third kappa shape index (κ3) is 3.48. The van der Waals surface area contributed by atoms with E-state index in [9.17, 15) is 9.59 Å². The van der Waals surface area contributed by atoms with Crippen molar-refractivity contribution >= 4 is 17.5 Å². The average molecular weight is 346 g/mol. The van der Waals surface area contributed by atoms with Crippen LogP contribution in [0.5, 0.6) is 5.75 Å². The molecule has 0 saturated carbocycles. The predicted octanol–water partition coefficient (Wildman–Crippen LogP) is 1.32. The van der Waals surface area contributed by atoms with Crippen LogP contribution < -0.4 is 10.1 Å². The number of ether oxygens (including phenoxy) is 3. The molecule has 7 heteroatoms. The maximum Gasteiger partial charge on any atom is 0.260 e. The first-order valence-electron chi connectivity index (χ1n) is 8.75. The third-order valence-corrected chi connectivity index (χ3v) is 5.03. The fourth-order valence-electron chi connectivity index (χ4n) is 3.57. The molecule has 1 N–H and O–H groups in total. The van der Waals surface area contributed by atoms with Gasteiger partial charge in [0.1, 0.15) is 5.75 Å². The lowest BCUT2D eigenvalue weighted by atomic mass is 10.0. The summed E-state index contributed by atoms with van der Waals surface area (Å²) < 4.78 is 17.0. The molecule has 0 atom stereocenters. The lowest BCUT2D eigenvalue weighted by molar-refractivity contribution is -0.187. The molecule has 0 aromatic heterocycles. The third-order valence-electron chi connectivity index (χ3n) is 5.03. The molecule has 0 radical (unpaired) electrons. The smallest absolute Gasteiger partial charge is 0.260 e. The summed E-state index contributed by atoms with van der Waals surface area (Å²) in [6.45, 7) is 2.53. The molecule has 3 aliphatic rings. The SMILES string of the molecule is O=C1CCc2cc(OCC(=O)N3CCC4(CC3)OCCO4)ccc2N1. The lowest BCUT2D eigenvalue weighted by Crippen LogP contribution is -2.48. The van der Waals surface area contributed by atoms with Gasteiger partial charge in [-0.1, -0.05) is 0 Å². The summed E-state index contributed by atoms with van der Waals surface area (Å²) in [5.41, 5.74) is 1.87. The highest BCUT2D eigenvalue weighted by Gasteiger charge is 2.40. The van der Waals surface area contributed by atoms with E-state index in [0.717, 1.165) is 11.3 Å². The van der Waals surface area contributed by atoms with Crippen LogP contribution in [-0.2, 0) is 25.5 Å². The Kier molecular flexibility index (Phi) is 4.35. The number of nitrogens with zero attached hydrogens (tertiary/aromatic N) is 1. The number of rotatable bonds is 3. The Balaban J connectivity index is 1.30. The molecule has 2 amide bonds. The van der Waals surface area contributed by atoms with Crippen LogP contribution in [0.1, 0.15) is 24.8 Å². The minimum Gasteiger partial charge on any atom is -0.484 e. The first-order valence-corrected chi connectivity index (χ1v) is 8.75. The van der Waals surface area contributed by atoms with Gasteiger partial charge in [0.05, 0.1) is 13.2 Å². The summed E-state index contributed by atoms with van der Waals surface area (Å²) in [5.74, 6) is 0.188. The molecule has 1 spiro atoms. The highest BCUT2D eigenvalue weighted by Crippen LogP contribution is 2.31. The summed E-state index contributed by atoms with van der Waals surface area (Å²) in [5, 5.41) is 2.83. The number of nitrogens with one attached hydrogen (secondary N) is 1. The van der Waals surface area contributed by atoms with E-state index in [1.165, 1.54) is 0 Å². The van der Waals surface area contributed by atoms with Crippen molar-refractivity contribution < 1.29 is 23.8 Å². The van der Waals surface area contributed by atoms with Crippen molar-refractivity contribution in [2.75, 3.05) is 38.2 Å². The fraction of sp³-hybridized carbons (Fsp3) is 0.556. The van der Waals surface area contributed by atoms with Crippen LogP contribution in [0.4, 0.5) is 5.69 Å². The van der Waals surface area contributed by atoms with Crippen molar-refractivity contribution in [1.29, 1.82) is 0 Å². The van der Waals surface area contributed by atoms with Crippen molar-refractivity contribution in [2.24, 2.45) is 0 Å². The fourth-order valence-corrected chi connectivity index (χ4v) is 3.57. The van der Waals surface area contributed by atoms with Gasteiger partial charge in [-0.3, -0.25) is 9.59 Å². The van der Waals surface area contributed by atoms with Crippen molar-refractivity contribution in [1.82, 2.24) is 4.90 Å². The molecule has 7 nitrogen and oxygen atoms in total. The molecule has 134 valence electrons. The number of anilines is 1. The minimum absolute atomic E-state index is 0.0138. The summed E-state index contributed by atoms with van der Waals surface area (Å²) >= 11 is 0. The summed E-state index contributed by atoms with van der Waals surface area (Å²) in [7, 11) is 0. The van der Waals surface area contributed by atoms with Gasteiger partial charge in [0, 0.05) is 38.0 Å². The molecule has 3 heterocycles. The van der Waals surface area contributed by atoms with Crippen LogP contribution >= 0.6 is 0 Å². The molecule has 4 rings (SSSR count). The van der Waals surface area contributed by atoms with Gasteiger partial charge in [-0.2, -0.15) is 0 Å². The molecular weight excluding hydrogens is 324 g/mol. The number of benzene rings is 1. The lowest BCUT2D eigenvalue weighted by Gasteiger charge is -2.37. The monoisotopic (exact) mass is 346 g/mol. The largest absolute Gasteiger partial charge is 0.484 e. The molecule has 2 fully saturated rings. The second-order valence-electron chi connectivity index (χ2n) is 6.64. The zero-order chi connectivity index (χ0) is 17.3. The Morgan fingerprint density at radius 3 is 2.72 bits per heavy atom. The average Bonchev–Trinajstić information content (AvgIpc) is 3.08. The molecule has 1 aromatic rings. The molecule has 25 heavy (non-hydrogen) atoms. The van der Waals surface area contributed by atoms with Crippen LogP contribution in [0.2, 0.25) is 0 Å². The van der Waals surface area contributed by atoms with Gasteiger partial charge in [0.2, 0.25) is 5.91 Å². The van der Waals surface area contributed by atoms with E-state index in [4.69, 9.17) is 14.2 Å². The number of carbonyl (C=O) groups excluding carboxylic acids is 2. The summed E-state index contributed by atoms with van der Waals surface area (Å²) in [4.78, 5) is 25.6. The molecule has 0 aliphatic carbocycles. The molecule has 3 aliphatic heterocycles. The minimum atomic E-state index is -0.472. The Labute approximate surface area is 146 Å². The van der Waals surface area contributed by atoms with Crippen molar-refractivity contribution in [3.8, 4) is 5.75 Å². The Morgan fingerprint density at radius 2 is 1.96 bits per heavy atom. The highest BCUT2D eigenvalue weighted by atomic mass is 16.7. The van der Waals surface area contributed by atoms with Crippen LogP contribution in [0, 0.1) is 0 Å². The summed E-state index contributed by atoms with van der Waals surface area (Å²) in [6, 6.07) is 5.50. The molecule has 1 aromatic carbocycles. The number of fused-ring (bicyclic) bond motifs is 1. The van der Waals surface area contributed by atoms with E-state index >= 15 is 0 Å². The van der Waals surface area contributed by atoms with Crippen molar-refractivity contribution in [3.63, 3.8) is 0 Å². The van der Waals surface area contributed by atoms with Crippen LogP contribution in [0.3, 0.4) is 0 Å². The molecular formula is C18H22N2O5. The van der Waals surface area contributed by atoms with Gasteiger partial charge in [0.15, 0.2) is 12.4 Å². The number of hydrogen-bond acceptors (Lipinski definition) is 5. The molecule has 2 saturated heterocycles. The summed E-state index contributed by atoms with van der Waals surface area (Å²) in [6.07, 6.45) is 2.59. The topological polar surface area (TPSA) is 77.1 Å². The second-order valence-corrected chi connectivity index (χ2v) is 6.64. The van der Waals surface area contributed by atoms with E-state index in [0.29, 0.717) is 57.7 Å². The highest BCUT2D eigenvalue weighted by molar-refractivity contribution is 5.94. The Bertz CT molecular complexity index is 674. The quantitative estimate of drug-likeness (QED) is 0.893. The zero-order valence-electron chi connectivity index (χ0n) is 14.1. The van der Waals surface area contributed by atoms with E-state index in [1.54, 1.807) is 11.0 Å². The van der Waals surface area contributed by atoms with Crippen LogP contribution in [0.15, 0.2) is 18.2 Å². The second kappa shape index (κ2) is 6.65. The standard InChI is InChI=1S/C18H22N2O5/c21-16-4-1-13-11-14(2-3-15(13)19-16)23-12-17(22)20-7-5-18(6-8-20)24-9-10-25-18/h2-3,11H,1,4-10,12H2,(H,19,21). The number of hydrogen-bond donors (Lipinski definition) is 1. The number of aryl methyl sites for hydroxylation is 1. The number of likely N-dealkylation sites (tertiary alicyclic amines) is 1. The van der Waals surface area contributed by atoms with E-state index in [-0.39, 0.29) is 18.4 Å². The number of carbonyl (C=O) groups is 2. The Hall–Kier alpha value is -2.12. The van der Waals surface area contributed by atoms with E-state index in [2.05, 4.69) is 5.32 Å². The van der Waals surface area contributed by atoms with Gasteiger partial charge in [-0.05, 0) is 30.2 Å². The van der Waals surface area contributed by atoms with Crippen molar-refractivity contribution in [2.45, 2.75) is 31.5 Å². The zero-order valence-corrected chi connectivity index (χ0v) is 14.1. The van der Waals surface area contributed by atoms with Crippen LogP contribution in [0.25, 0.3) is 0 Å². The van der Waals surface area contributed by atoms with Gasteiger partial charge in [-0.25, -0.2) is 0 Å². The number of piperidine rings is 1. The normalized spacial score (nSPS) is 21.8. The number of amides is 2. The maximum atomic E-state index is 12.4. The van der Waals surface area contributed by atoms with Crippen LogP contribution in [-0.4, -0.2) is 55.4 Å². The van der Waals surface area contributed by atoms with E-state index < -0.39 is 5.79 Å². The first-order chi connectivity index (χ1) is 12.1. The molecule has 0 bridgehead atoms. The maximum absolute atomic E-state index is 12.4. The van der Waals surface area contributed by atoms with Gasteiger partial charge in [-0.15, -0.1) is 0 Å². The van der Waals surface area contributed by atoms with Gasteiger partial charge in [0.25, 0.3) is 5.91 Å². The van der Waals surface area contributed by atoms with E-state index in [1.807, 2.05) is 12.1 Å². The van der Waals surface area contributed by atoms with Gasteiger partial charge >= 0.3 is 0 Å². The van der Waals surface area contributed by atoms with Gasteiger partial charge < -0.3 is 24.4 Å². The van der Waals surface area contributed by atoms with Crippen molar-refractivity contribution in [3.05, 3.63) is 23.8 Å². The predicted molar refractivity (Wildman–Crippen MR) is 89.3 cm³/mol. The first kappa shape index (κ1) is 16.4. The molecule has 0 unspecified atom stereocenters.